The van der Waals surface area contributed by atoms with Crippen LogP contribution in [0, 0.1) is 11.3 Å². The molecule has 0 amide bonds. The maximum absolute atomic E-state index is 8.90. The SMILES string of the molecule is CC(Cc1ncc(-c2ncc[nH]2)c(-c2ccc(Cl)cc2Cl)n1)Nc1ccc(C#N)cn1. The van der Waals surface area contributed by atoms with Crippen molar-refractivity contribution in [1.29, 1.82) is 5.26 Å². The summed E-state index contributed by atoms with van der Waals surface area (Å²) in [7, 11) is 0. The molecule has 1 unspecified atom stereocenters. The Kier molecular flexibility index (Phi) is 6.12. The maximum atomic E-state index is 8.90. The highest BCUT2D eigenvalue weighted by Crippen LogP contribution is 2.34. The van der Waals surface area contributed by atoms with Crippen molar-refractivity contribution >= 4 is 29.0 Å². The molecule has 4 aromatic rings. The Bertz CT molecular complexity index is 1230. The third-order valence-corrected chi connectivity index (χ3v) is 5.10. The maximum Gasteiger partial charge on any atom is 0.141 e. The highest BCUT2D eigenvalue weighted by atomic mass is 35.5. The smallest absolute Gasteiger partial charge is 0.141 e. The molecule has 154 valence electrons. The second kappa shape index (κ2) is 9.13. The number of rotatable bonds is 6. The van der Waals surface area contributed by atoms with Gasteiger partial charge in [-0.3, -0.25) is 0 Å². The molecule has 3 heterocycles. The predicted octanol–water partition coefficient (Wildman–Crippen LogP) is 5.15. The van der Waals surface area contributed by atoms with Crippen molar-refractivity contribution < 1.29 is 0 Å². The van der Waals surface area contributed by atoms with Crippen LogP contribution in [-0.4, -0.2) is 31.0 Å². The minimum absolute atomic E-state index is 0.00318. The van der Waals surface area contributed by atoms with Crippen LogP contribution in [0.3, 0.4) is 0 Å². The Morgan fingerprint density at radius 2 is 1.97 bits per heavy atom. The van der Waals surface area contributed by atoms with Gasteiger partial charge in [0.2, 0.25) is 0 Å². The average molecular weight is 450 g/mol. The molecule has 0 radical (unpaired) electrons. The molecular formula is C22H17Cl2N7. The van der Waals surface area contributed by atoms with E-state index in [1.54, 1.807) is 42.9 Å². The van der Waals surface area contributed by atoms with E-state index in [0.29, 0.717) is 45.2 Å². The number of H-pyrrole nitrogens is 1. The van der Waals surface area contributed by atoms with Crippen molar-refractivity contribution in [2.24, 2.45) is 0 Å². The number of nitrogens with zero attached hydrogens (tertiary/aromatic N) is 5. The Balaban J connectivity index is 1.63. The molecule has 0 aliphatic carbocycles. The van der Waals surface area contributed by atoms with Crippen LogP contribution in [0.2, 0.25) is 10.0 Å². The molecule has 9 heteroatoms. The normalized spacial score (nSPS) is 11.7. The molecule has 4 rings (SSSR count). The number of hydrogen-bond donors (Lipinski definition) is 2. The van der Waals surface area contributed by atoms with Crippen molar-refractivity contribution in [3.05, 3.63) is 76.6 Å². The van der Waals surface area contributed by atoms with Crippen LogP contribution in [0.5, 0.6) is 0 Å². The standard InChI is InChI=1S/C22H17Cl2N7/c1-13(30-19-5-2-14(10-25)11-28-19)8-20-29-12-17(22-26-6-7-27-22)21(31-20)16-4-3-15(23)9-18(16)24/h2-7,9,11-13H,8H2,1H3,(H,26,27)(H,28,30). The van der Waals surface area contributed by atoms with Crippen LogP contribution in [0.4, 0.5) is 5.82 Å². The van der Waals surface area contributed by atoms with Crippen LogP contribution < -0.4 is 5.32 Å². The summed E-state index contributed by atoms with van der Waals surface area (Å²) >= 11 is 12.5. The first-order valence-corrected chi connectivity index (χ1v) is 10.2. The van der Waals surface area contributed by atoms with Gasteiger partial charge in [-0.05, 0) is 37.3 Å². The van der Waals surface area contributed by atoms with Gasteiger partial charge in [0.15, 0.2) is 0 Å². The Morgan fingerprint density at radius 3 is 2.65 bits per heavy atom. The van der Waals surface area contributed by atoms with Crippen molar-refractivity contribution in [2.45, 2.75) is 19.4 Å². The summed E-state index contributed by atoms with van der Waals surface area (Å²) in [6, 6.07) is 10.9. The Labute approximate surface area is 189 Å². The van der Waals surface area contributed by atoms with Gasteiger partial charge >= 0.3 is 0 Å². The van der Waals surface area contributed by atoms with Gasteiger partial charge in [0, 0.05) is 47.8 Å². The van der Waals surface area contributed by atoms with Crippen LogP contribution in [0.1, 0.15) is 18.3 Å². The number of pyridine rings is 1. The van der Waals surface area contributed by atoms with E-state index in [1.807, 2.05) is 13.0 Å². The number of imidazole rings is 1. The lowest BCUT2D eigenvalue weighted by molar-refractivity contribution is 0.741. The number of benzene rings is 1. The van der Waals surface area contributed by atoms with E-state index in [1.165, 1.54) is 6.20 Å². The summed E-state index contributed by atoms with van der Waals surface area (Å²) in [5.74, 6) is 1.98. The molecule has 0 saturated heterocycles. The van der Waals surface area contributed by atoms with Gasteiger partial charge in [-0.2, -0.15) is 5.26 Å². The lowest BCUT2D eigenvalue weighted by Crippen LogP contribution is -2.20. The van der Waals surface area contributed by atoms with E-state index in [4.69, 9.17) is 33.4 Å². The zero-order valence-corrected chi connectivity index (χ0v) is 18.0. The van der Waals surface area contributed by atoms with Crippen LogP contribution in [-0.2, 0) is 6.42 Å². The second-order valence-corrected chi connectivity index (χ2v) is 7.75. The lowest BCUT2D eigenvalue weighted by Gasteiger charge is -2.15. The monoisotopic (exact) mass is 449 g/mol. The van der Waals surface area contributed by atoms with Crippen LogP contribution in [0.15, 0.2) is 55.1 Å². The number of anilines is 1. The second-order valence-electron chi connectivity index (χ2n) is 6.90. The molecule has 0 saturated carbocycles. The number of aromatic amines is 1. The van der Waals surface area contributed by atoms with E-state index < -0.39 is 0 Å². The summed E-state index contributed by atoms with van der Waals surface area (Å²) in [6.07, 6.45) is 7.25. The molecule has 1 aromatic carbocycles. The Morgan fingerprint density at radius 1 is 1.10 bits per heavy atom. The minimum Gasteiger partial charge on any atom is -0.367 e. The topological polar surface area (TPSA) is 103 Å². The Hall–Kier alpha value is -3.47. The minimum atomic E-state index is 0.00318. The fourth-order valence-corrected chi connectivity index (χ4v) is 3.61. The van der Waals surface area contributed by atoms with E-state index in [9.17, 15) is 0 Å². The van der Waals surface area contributed by atoms with Gasteiger partial charge in [-0.1, -0.05) is 23.2 Å². The van der Waals surface area contributed by atoms with Crippen LogP contribution >= 0.6 is 23.2 Å². The molecule has 3 aromatic heterocycles. The molecular weight excluding hydrogens is 433 g/mol. The van der Waals surface area contributed by atoms with E-state index in [0.717, 1.165) is 11.1 Å². The van der Waals surface area contributed by atoms with Crippen molar-refractivity contribution in [3.8, 4) is 28.7 Å². The molecule has 2 N–H and O–H groups in total. The zero-order chi connectivity index (χ0) is 21.8. The molecule has 0 aliphatic heterocycles. The van der Waals surface area contributed by atoms with Gasteiger partial charge in [-0.25, -0.2) is 19.9 Å². The molecule has 0 spiro atoms. The fourth-order valence-electron chi connectivity index (χ4n) is 3.11. The molecule has 31 heavy (non-hydrogen) atoms. The third kappa shape index (κ3) is 4.82. The number of hydrogen-bond acceptors (Lipinski definition) is 6. The summed E-state index contributed by atoms with van der Waals surface area (Å²) in [4.78, 5) is 21.0. The van der Waals surface area contributed by atoms with E-state index >= 15 is 0 Å². The highest BCUT2D eigenvalue weighted by molar-refractivity contribution is 6.36. The third-order valence-electron chi connectivity index (χ3n) is 4.55. The number of aromatic nitrogens is 5. The zero-order valence-electron chi connectivity index (χ0n) is 16.5. The number of halogens is 2. The predicted molar refractivity (Wildman–Crippen MR) is 121 cm³/mol. The number of nitrogens with one attached hydrogen (secondary N) is 2. The van der Waals surface area contributed by atoms with Gasteiger partial charge in [-0.15, -0.1) is 0 Å². The van der Waals surface area contributed by atoms with Crippen molar-refractivity contribution in [1.82, 2.24) is 24.9 Å². The highest BCUT2D eigenvalue weighted by Gasteiger charge is 2.17. The van der Waals surface area contributed by atoms with E-state index in [2.05, 4.69) is 31.3 Å². The first-order chi connectivity index (χ1) is 15.0. The van der Waals surface area contributed by atoms with Crippen molar-refractivity contribution in [2.75, 3.05) is 5.32 Å². The fraction of sp³-hybridized carbons (Fsp3) is 0.136. The van der Waals surface area contributed by atoms with Crippen LogP contribution in [0.25, 0.3) is 22.6 Å². The van der Waals surface area contributed by atoms with Gasteiger partial charge in [0.05, 0.1) is 21.8 Å². The molecule has 0 aliphatic rings. The lowest BCUT2D eigenvalue weighted by atomic mass is 10.1. The molecule has 1 atom stereocenters. The summed E-state index contributed by atoms with van der Waals surface area (Å²) in [5, 5.41) is 13.2. The van der Waals surface area contributed by atoms with Crippen molar-refractivity contribution in [3.63, 3.8) is 0 Å². The summed E-state index contributed by atoms with van der Waals surface area (Å²) < 4.78 is 0. The molecule has 0 bridgehead atoms. The largest absolute Gasteiger partial charge is 0.367 e. The van der Waals surface area contributed by atoms with Gasteiger partial charge in [0.25, 0.3) is 0 Å². The summed E-state index contributed by atoms with van der Waals surface area (Å²) in [5.41, 5.74) is 2.67. The van der Waals surface area contributed by atoms with Gasteiger partial charge in [0.1, 0.15) is 23.5 Å². The quantitative estimate of drug-likeness (QED) is 0.421. The first kappa shape index (κ1) is 20.8. The van der Waals surface area contributed by atoms with E-state index in [-0.39, 0.29) is 6.04 Å². The summed E-state index contributed by atoms with van der Waals surface area (Å²) in [6.45, 7) is 2.01. The first-order valence-electron chi connectivity index (χ1n) is 9.47. The number of nitriles is 1. The van der Waals surface area contributed by atoms with Gasteiger partial charge < -0.3 is 10.3 Å². The average Bonchev–Trinajstić information content (AvgIpc) is 3.29. The molecule has 7 nitrogen and oxygen atoms in total. The molecule has 0 fully saturated rings.